The molecule has 0 saturated carbocycles. The van der Waals surface area contributed by atoms with Gasteiger partial charge in [-0.15, -0.1) is 0 Å². The van der Waals surface area contributed by atoms with E-state index in [0.29, 0.717) is 12.0 Å². The Morgan fingerprint density at radius 3 is 2.69 bits per heavy atom. The van der Waals surface area contributed by atoms with Crippen LogP contribution in [0.5, 0.6) is 0 Å². The van der Waals surface area contributed by atoms with Crippen LogP contribution < -0.4 is 10.6 Å². The average molecular weight is 356 g/mol. The monoisotopic (exact) mass is 355 g/mol. The molecule has 1 saturated heterocycles. The molecule has 26 heavy (non-hydrogen) atoms. The van der Waals surface area contributed by atoms with Crippen molar-refractivity contribution in [1.82, 2.24) is 20.5 Å². The number of aromatic nitrogens is 1. The fourth-order valence-electron chi connectivity index (χ4n) is 3.94. The average Bonchev–Trinajstić information content (AvgIpc) is 3.30. The van der Waals surface area contributed by atoms with Gasteiger partial charge in [0.1, 0.15) is 0 Å². The molecule has 3 rings (SSSR count). The second-order valence-electron chi connectivity index (χ2n) is 7.54. The zero-order valence-corrected chi connectivity index (χ0v) is 16.4. The number of nitrogens with zero attached hydrogens (tertiary/aromatic N) is 2. The maximum atomic E-state index is 4.40. The fourth-order valence-corrected chi connectivity index (χ4v) is 3.94. The Balaban J connectivity index is 1.48. The van der Waals surface area contributed by atoms with Crippen molar-refractivity contribution in [2.45, 2.75) is 39.2 Å². The molecule has 2 heterocycles. The van der Waals surface area contributed by atoms with Crippen LogP contribution in [-0.4, -0.2) is 55.1 Å². The maximum Gasteiger partial charge on any atom is 0.191 e. The van der Waals surface area contributed by atoms with E-state index in [1.54, 1.807) is 0 Å². The molecule has 0 spiro atoms. The number of H-pyrrole nitrogens is 1. The molecule has 5 nitrogen and oxygen atoms in total. The van der Waals surface area contributed by atoms with Gasteiger partial charge in [-0.05, 0) is 49.9 Å². The summed E-state index contributed by atoms with van der Waals surface area (Å²) in [6.45, 7) is 8.92. The number of likely N-dealkylation sites (tertiary alicyclic amines) is 1. The highest BCUT2D eigenvalue weighted by Gasteiger charge is 2.24. The molecule has 0 amide bonds. The summed E-state index contributed by atoms with van der Waals surface area (Å²) in [6, 6.07) is 9.04. The van der Waals surface area contributed by atoms with E-state index >= 15 is 0 Å². The van der Waals surface area contributed by atoms with Gasteiger partial charge in [0.25, 0.3) is 0 Å². The van der Waals surface area contributed by atoms with Crippen molar-refractivity contribution in [1.29, 1.82) is 0 Å². The van der Waals surface area contributed by atoms with Crippen LogP contribution in [0.25, 0.3) is 10.9 Å². The summed E-state index contributed by atoms with van der Waals surface area (Å²) >= 11 is 0. The number of para-hydroxylation sites is 1. The van der Waals surface area contributed by atoms with Gasteiger partial charge < -0.3 is 15.6 Å². The van der Waals surface area contributed by atoms with Crippen LogP contribution in [0.1, 0.15) is 32.3 Å². The van der Waals surface area contributed by atoms with E-state index in [9.17, 15) is 0 Å². The van der Waals surface area contributed by atoms with Gasteiger partial charge >= 0.3 is 0 Å². The lowest BCUT2D eigenvalue weighted by Gasteiger charge is -2.31. The highest BCUT2D eigenvalue weighted by Crippen LogP contribution is 2.18. The number of nitrogens with one attached hydrogen (secondary N) is 3. The zero-order chi connectivity index (χ0) is 18.4. The van der Waals surface area contributed by atoms with E-state index in [4.69, 9.17) is 0 Å². The standard InChI is InChI=1S/C21H33N5/c1-16(2)20(26-12-6-7-13-26)15-25-21(22-3)23-11-10-17-14-24-19-9-5-4-8-18(17)19/h4-5,8-9,14,16,20,24H,6-7,10-13,15H2,1-3H3,(H2,22,23,25). The van der Waals surface area contributed by atoms with Crippen molar-refractivity contribution in [2.24, 2.45) is 10.9 Å². The number of hydrogen-bond acceptors (Lipinski definition) is 2. The Morgan fingerprint density at radius 1 is 1.19 bits per heavy atom. The second-order valence-corrected chi connectivity index (χ2v) is 7.54. The first-order valence-corrected chi connectivity index (χ1v) is 9.92. The first-order chi connectivity index (χ1) is 12.7. The number of aliphatic imine (C=N–C) groups is 1. The lowest BCUT2D eigenvalue weighted by molar-refractivity contribution is 0.192. The van der Waals surface area contributed by atoms with E-state index in [-0.39, 0.29) is 0 Å². The molecule has 1 aromatic heterocycles. The molecule has 1 aromatic carbocycles. The normalized spacial score (nSPS) is 17.2. The Labute approximate surface area is 157 Å². The van der Waals surface area contributed by atoms with Crippen molar-refractivity contribution >= 4 is 16.9 Å². The third-order valence-corrected chi connectivity index (χ3v) is 5.44. The van der Waals surface area contributed by atoms with Crippen LogP contribution in [0.3, 0.4) is 0 Å². The van der Waals surface area contributed by atoms with Gasteiger partial charge in [-0.25, -0.2) is 0 Å². The van der Waals surface area contributed by atoms with E-state index in [1.165, 1.54) is 42.4 Å². The summed E-state index contributed by atoms with van der Waals surface area (Å²) in [5.41, 5.74) is 2.55. The van der Waals surface area contributed by atoms with Gasteiger partial charge in [0.05, 0.1) is 0 Å². The minimum atomic E-state index is 0.574. The molecule has 1 unspecified atom stereocenters. The number of guanidine groups is 1. The number of aromatic amines is 1. The molecule has 1 atom stereocenters. The highest BCUT2D eigenvalue weighted by atomic mass is 15.2. The third kappa shape index (κ3) is 4.58. The van der Waals surface area contributed by atoms with Crippen molar-refractivity contribution in [3.63, 3.8) is 0 Å². The summed E-state index contributed by atoms with van der Waals surface area (Å²) in [7, 11) is 1.85. The minimum Gasteiger partial charge on any atom is -0.361 e. The lowest BCUT2D eigenvalue weighted by Crippen LogP contribution is -2.48. The summed E-state index contributed by atoms with van der Waals surface area (Å²) in [6.07, 6.45) is 5.76. The summed E-state index contributed by atoms with van der Waals surface area (Å²) in [5, 5.41) is 8.31. The number of benzene rings is 1. The molecule has 1 aliphatic rings. The smallest absolute Gasteiger partial charge is 0.191 e. The topological polar surface area (TPSA) is 55.5 Å². The predicted molar refractivity (Wildman–Crippen MR) is 111 cm³/mol. The van der Waals surface area contributed by atoms with E-state index in [2.05, 4.69) is 69.8 Å². The molecule has 0 bridgehead atoms. The van der Waals surface area contributed by atoms with E-state index in [0.717, 1.165) is 25.5 Å². The first kappa shape index (κ1) is 18.8. The molecule has 0 radical (unpaired) electrons. The van der Waals surface area contributed by atoms with Crippen molar-refractivity contribution in [3.8, 4) is 0 Å². The van der Waals surface area contributed by atoms with Gasteiger partial charge in [0, 0.05) is 43.3 Å². The molecule has 5 heteroatoms. The van der Waals surface area contributed by atoms with E-state index in [1.807, 2.05) is 7.05 Å². The molecule has 2 aromatic rings. The van der Waals surface area contributed by atoms with Gasteiger partial charge in [-0.2, -0.15) is 0 Å². The van der Waals surface area contributed by atoms with Gasteiger partial charge in [-0.3, -0.25) is 9.89 Å². The van der Waals surface area contributed by atoms with Crippen LogP contribution >= 0.6 is 0 Å². The summed E-state index contributed by atoms with van der Waals surface area (Å²) < 4.78 is 0. The summed E-state index contributed by atoms with van der Waals surface area (Å²) in [4.78, 5) is 10.4. The SMILES string of the molecule is CN=C(NCCc1c[nH]c2ccccc12)NCC(C(C)C)N1CCCC1. The quantitative estimate of drug-likeness (QED) is 0.529. The molecule has 142 valence electrons. The van der Waals surface area contributed by atoms with Crippen LogP contribution in [0.4, 0.5) is 0 Å². The summed E-state index contributed by atoms with van der Waals surface area (Å²) in [5.74, 6) is 1.54. The Bertz CT molecular complexity index is 712. The molecule has 0 aliphatic carbocycles. The van der Waals surface area contributed by atoms with Crippen molar-refractivity contribution in [3.05, 3.63) is 36.0 Å². The number of rotatable bonds is 7. The van der Waals surface area contributed by atoms with Crippen LogP contribution in [0.2, 0.25) is 0 Å². The van der Waals surface area contributed by atoms with Gasteiger partial charge in [0.15, 0.2) is 5.96 Å². The Kier molecular flexibility index (Phi) is 6.56. The lowest BCUT2D eigenvalue weighted by atomic mass is 10.0. The van der Waals surface area contributed by atoms with E-state index < -0.39 is 0 Å². The fraction of sp³-hybridized carbons (Fsp3) is 0.571. The highest BCUT2D eigenvalue weighted by molar-refractivity contribution is 5.83. The minimum absolute atomic E-state index is 0.574. The molecular formula is C21H33N5. The number of fused-ring (bicyclic) bond motifs is 1. The van der Waals surface area contributed by atoms with Crippen molar-refractivity contribution < 1.29 is 0 Å². The third-order valence-electron chi connectivity index (χ3n) is 5.44. The van der Waals surface area contributed by atoms with Gasteiger partial charge in [0.2, 0.25) is 0 Å². The largest absolute Gasteiger partial charge is 0.361 e. The molecule has 1 fully saturated rings. The molecular weight excluding hydrogens is 322 g/mol. The van der Waals surface area contributed by atoms with Crippen LogP contribution in [0, 0.1) is 5.92 Å². The van der Waals surface area contributed by atoms with Crippen LogP contribution in [-0.2, 0) is 6.42 Å². The first-order valence-electron chi connectivity index (χ1n) is 9.92. The Morgan fingerprint density at radius 2 is 1.96 bits per heavy atom. The second kappa shape index (κ2) is 9.08. The van der Waals surface area contributed by atoms with Crippen molar-refractivity contribution in [2.75, 3.05) is 33.2 Å². The molecule has 3 N–H and O–H groups in total. The maximum absolute atomic E-state index is 4.40. The predicted octanol–water partition coefficient (Wildman–Crippen LogP) is 3.00. The Hall–Kier alpha value is -2.01. The van der Waals surface area contributed by atoms with Crippen LogP contribution in [0.15, 0.2) is 35.5 Å². The zero-order valence-electron chi connectivity index (χ0n) is 16.4. The van der Waals surface area contributed by atoms with Gasteiger partial charge in [-0.1, -0.05) is 32.0 Å². The molecule has 1 aliphatic heterocycles. The number of hydrogen-bond donors (Lipinski definition) is 3.